The summed E-state index contributed by atoms with van der Waals surface area (Å²) in [6.07, 6.45) is 0. The van der Waals surface area contributed by atoms with E-state index in [1.54, 1.807) is 23.3 Å². The van der Waals surface area contributed by atoms with Gasteiger partial charge in [0.15, 0.2) is 6.04 Å². The van der Waals surface area contributed by atoms with Gasteiger partial charge in [-0.25, -0.2) is 0 Å². The maximum Gasteiger partial charge on any atom is 0.274 e. The number of benzene rings is 1. The molecule has 0 saturated carbocycles. The number of hydrogen-bond donors (Lipinski definition) is 2. The molecule has 1 aliphatic rings. The van der Waals surface area contributed by atoms with E-state index in [2.05, 4.69) is 29.3 Å². The van der Waals surface area contributed by atoms with Crippen LogP contribution in [0.4, 0.5) is 0 Å². The Hall–Kier alpha value is -2.22. The first kappa shape index (κ1) is 18.2. The quantitative estimate of drug-likeness (QED) is 0.660. The van der Waals surface area contributed by atoms with Crippen molar-refractivity contribution in [2.45, 2.75) is 19.5 Å². The van der Waals surface area contributed by atoms with E-state index >= 15 is 0 Å². The average molecular weight is 387 g/mol. The van der Waals surface area contributed by atoms with Crippen molar-refractivity contribution in [1.82, 2.24) is 10.2 Å². The van der Waals surface area contributed by atoms with Crippen molar-refractivity contribution in [2.24, 2.45) is 0 Å². The van der Waals surface area contributed by atoms with Crippen LogP contribution in [0.2, 0.25) is 0 Å². The van der Waals surface area contributed by atoms with Crippen LogP contribution in [0.15, 0.2) is 46.2 Å². The summed E-state index contributed by atoms with van der Waals surface area (Å²) in [5, 5.41) is 10.6. The van der Waals surface area contributed by atoms with Crippen molar-refractivity contribution in [3.63, 3.8) is 0 Å². The number of quaternary nitrogens is 2. The normalized spacial score (nSPS) is 21.1. The number of hydrogen-bond acceptors (Lipinski definition) is 5. The van der Waals surface area contributed by atoms with Gasteiger partial charge in [-0.2, -0.15) is 0 Å². The van der Waals surface area contributed by atoms with Gasteiger partial charge in [0.05, 0.1) is 12.0 Å². The van der Waals surface area contributed by atoms with Gasteiger partial charge in [-0.05, 0) is 42.6 Å². The van der Waals surface area contributed by atoms with E-state index in [1.807, 2.05) is 29.6 Å². The first-order chi connectivity index (χ1) is 13.2. The van der Waals surface area contributed by atoms with Crippen molar-refractivity contribution in [3.8, 4) is 16.5 Å². The van der Waals surface area contributed by atoms with E-state index in [-0.39, 0.29) is 6.04 Å². The third-order valence-corrected chi connectivity index (χ3v) is 6.23. The van der Waals surface area contributed by atoms with Crippen LogP contribution in [0.5, 0.6) is 5.75 Å². The zero-order valence-electron chi connectivity index (χ0n) is 15.8. The van der Waals surface area contributed by atoms with Gasteiger partial charge >= 0.3 is 0 Å². The summed E-state index contributed by atoms with van der Waals surface area (Å²) in [5.74, 6) is 2.29. The van der Waals surface area contributed by atoms with Gasteiger partial charge < -0.3 is 19.0 Å². The SMILES string of the molecule is COc1ccc(C[NH+]2CC[NH+]([C@@H](C)c3nnc(-c4cccs4)o3)CC2)cc1. The van der Waals surface area contributed by atoms with E-state index < -0.39 is 0 Å². The van der Waals surface area contributed by atoms with Crippen LogP contribution >= 0.6 is 11.3 Å². The monoisotopic (exact) mass is 386 g/mol. The number of thiophene rings is 1. The Bertz CT molecular complexity index is 839. The Balaban J connectivity index is 1.32. The van der Waals surface area contributed by atoms with Gasteiger partial charge in [0.2, 0.25) is 0 Å². The molecule has 2 aromatic heterocycles. The predicted octanol–water partition coefficient (Wildman–Crippen LogP) is 0.851. The smallest absolute Gasteiger partial charge is 0.274 e. The van der Waals surface area contributed by atoms with Gasteiger partial charge in [0, 0.05) is 5.56 Å². The lowest BCUT2D eigenvalue weighted by atomic mass is 10.1. The fourth-order valence-electron chi connectivity index (χ4n) is 3.65. The molecule has 2 N–H and O–H groups in total. The van der Waals surface area contributed by atoms with Crippen molar-refractivity contribution in [3.05, 3.63) is 53.2 Å². The first-order valence-corrected chi connectivity index (χ1v) is 10.3. The average Bonchev–Trinajstić information content (AvgIpc) is 3.40. The largest absolute Gasteiger partial charge is 0.497 e. The second-order valence-corrected chi connectivity index (χ2v) is 8.03. The standard InChI is InChI=1S/C20H24N4O2S/c1-15(19-21-22-20(26-19)18-4-3-13-27-18)24-11-9-23(10-12-24)14-16-5-7-17(25-2)8-6-16/h3-8,13,15H,9-12,14H2,1-2H3/p+2/t15-/m0/s1. The summed E-state index contributed by atoms with van der Waals surface area (Å²) < 4.78 is 11.2. The van der Waals surface area contributed by atoms with E-state index in [0.29, 0.717) is 5.89 Å². The van der Waals surface area contributed by atoms with E-state index in [9.17, 15) is 0 Å². The Morgan fingerprint density at radius 2 is 1.89 bits per heavy atom. The molecule has 3 aromatic rings. The fraction of sp³-hybridized carbons (Fsp3) is 0.400. The van der Waals surface area contributed by atoms with Crippen LogP contribution in [-0.2, 0) is 6.54 Å². The molecule has 0 radical (unpaired) electrons. The molecule has 1 saturated heterocycles. The Labute approximate surface area is 163 Å². The molecular formula is C20H26N4O2S+2. The molecule has 142 valence electrons. The minimum absolute atomic E-state index is 0.230. The van der Waals surface area contributed by atoms with Gasteiger partial charge in [-0.3, -0.25) is 0 Å². The number of rotatable bonds is 6. The molecule has 1 aromatic carbocycles. The fourth-order valence-corrected chi connectivity index (χ4v) is 4.29. The molecule has 1 aliphatic heterocycles. The zero-order chi connectivity index (χ0) is 18.6. The van der Waals surface area contributed by atoms with E-state index in [4.69, 9.17) is 9.15 Å². The number of nitrogens with zero attached hydrogens (tertiary/aromatic N) is 2. The summed E-state index contributed by atoms with van der Waals surface area (Å²) in [6.45, 7) is 7.78. The number of methoxy groups -OCH3 is 1. The summed E-state index contributed by atoms with van der Waals surface area (Å²) in [5.41, 5.74) is 1.36. The Kier molecular flexibility index (Phi) is 5.52. The van der Waals surface area contributed by atoms with Crippen LogP contribution in [0, 0.1) is 0 Å². The molecule has 0 aliphatic carbocycles. The summed E-state index contributed by atoms with van der Waals surface area (Å²) in [6, 6.07) is 12.7. The van der Waals surface area contributed by atoms with Crippen LogP contribution in [-0.4, -0.2) is 43.5 Å². The van der Waals surface area contributed by atoms with E-state index in [0.717, 1.165) is 49.2 Å². The van der Waals surface area contributed by atoms with Gasteiger partial charge in [0.1, 0.15) is 38.5 Å². The molecule has 6 nitrogen and oxygen atoms in total. The minimum atomic E-state index is 0.230. The predicted molar refractivity (Wildman–Crippen MR) is 104 cm³/mol. The highest BCUT2D eigenvalue weighted by molar-refractivity contribution is 7.13. The van der Waals surface area contributed by atoms with E-state index in [1.165, 1.54) is 10.5 Å². The van der Waals surface area contributed by atoms with Crippen LogP contribution in [0.25, 0.3) is 10.8 Å². The van der Waals surface area contributed by atoms with Gasteiger partial charge in [-0.1, -0.05) is 6.07 Å². The number of ether oxygens (including phenoxy) is 1. The molecule has 0 spiro atoms. The summed E-state index contributed by atoms with van der Waals surface area (Å²) in [7, 11) is 1.70. The van der Waals surface area contributed by atoms with Crippen molar-refractivity contribution >= 4 is 11.3 Å². The summed E-state index contributed by atoms with van der Waals surface area (Å²) in [4.78, 5) is 4.18. The third kappa shape index (κ3) is 4.21. The lowest BCUT2D eigenvalue weighted by Gasteiger charge is -2.32. The molecule has 0 unspecified atom stereocenters. The maximum atomic E-state index is 5.94. The third-order valence-electron chi connectivity index (χ3n) is 5.37. The summed E-state index contributed by atoms with van der Waals surface area (Å²) >= 11 is 1.63. The second-order valence-electron chi connectivity index (χ2n) is 7.08. The van der Waals surface area contributed by atoms with Crippen molar-refractivity contribution in [1.29, 1.82) is 0 Å². The van der Waals surface area contributed by atoms with Crippen molar-refractivity contribution < 1.29 is 19.0 Å². The molecule has 7 heteroatoms. The van der Waals surface area contributed by atoms with Crippen LogP contribution in [0.3, 0.4) is 0 Å². The molecule has 0 bridgehead atoms. The molecule has 27 heavy (non-hydrogen) atoms. The molecule has 0 amide bonds. The molecule has 3 heterocycles. The van der Waals surface area contributed by atoms with Gasteiger partial charge in [0.25, 0.3) is 11.8 Å². The minimum Gasteiger partial charge on any atom is -0.497 e. The number of nitrogens with one attached hydrogen (secondary N) is 2. The maximum absolute atomic E-state index is 5.94. The highest BCUT2D eigenvalue weighted by atomic mass is 32.1. The lowest BCUT2D eigenvalue weighted by molar-refractivity contribution is -1.03. The Morgan fingerprint density at radius 1 is 1.11 bits per heavy atom. The van der Waals surface area contributed by atoms with Gasteiger partial charge in [-0.15, -0.1) is 21.5 Å². The van der Waals surface area contributed by atoms with Crippen molar-refractivity contribution in [2.75, 3.05) is 33.3 Å². The second kappa shape index (κ2) is 8.21. The number of piperazine rings is 1. The number of aromatic nitrogens is 2. The Morgan fingerprint density at radius 3 is 2.56 bits per heavy atom. The van der Waals surface area contributed by atoms with Crippen LogP contribution in [0.1, 0.15) is 24.4 Å². The zero-order valence-corrected chi connectivity index (χ0v) is 16.6. The highest BCUT2D eigenvalue weighted by Gasteiger charge is 2.31. The molecule has 1 atom stereocenters. The highest BCUT2D eigenvalue weighted by Crippen LogP contribution is 2.24. The first-order valence-electron chi connectivity index (χ1n) is 9.41. The lowest BCUT2D eigenvalue weighted by Crippen LogP contribution is -3.27. The topological polar surface area (TPSA) is 57.0 Å². The molecule has 4 rings (SSSR count). The van der Waals surface area contributed by atoms with Crippen LogP contribution < -0.4 is 14.5 Å². The molecule has 1 fully saturated rings. The molecular weight excluding hydrogens is 360 g/mol.